The standard InChI is InChI=1S/C30H32N4O2/c1-20(2)28(32-29(35)24-15-11-22(4)12-16-24)30(36)33-31-17-25-19-34(27-8-6-5-7-26(25)27)18-23-13-9-21(3)10-14-23/h5-17,19-20,28H,18H2,1-4H3,(H,32,35)(H,33,36)/b31-17-. The average molecular weight is 481 g/mol. The number of rotatable bonds is 8. The highest BCUT2D eigenvalue weighted by molar-refractivity contribution is 6.00. The number of fused-ring (bicyclic) bond motifs is 1. The van der Waals surface area contributed by atoms with Crippen molar-refractivity contribution in [2.75, 3.05) is 0 Å². The van der Waals surface area contributed by atoms with E-state index in [9.17, 15) is 9.59 Å². The van der Waals surface area contributed by atoms with Gasteiger partial charge in [0, 0.05) is 34.8 Å². The van der Waals surface area contributed by atoms with E-state index in [4.69, 9.17) is 0 Å². The molecule has 0 saturated heterocycles. The number of aromatic nitrogens is 1. The van der Waals surface area contributed by atoms with Crippen molar-refractivity contribution in [2.24, 2.45) is 11.0 Å². The molecular weight excluding hydrogens is 448 g/mol. The van der Waals surface area contributed by atoms with Gasteiger partial charge < -0.3 is 9.88 Å². The molecule has 2 N–H and O–H groups in total. The maximum absolute atomic E-state index is 12.9. The highest BCUT2D eigenvalue weighted by Crippen LogP contribution is 2.21. The number of nitrogens with zero attached hydrogens (tertiary/aromatic N) is 2. The Hall–Kier alpha value is -4.19. The summed E-state index contributed by atoms with van der Waals surface area (Å²) in [6.45, 7) is 8.56. The maximum Gasteiger partial charge on any atom is 0.262 e. The molecule has 0 aliphatic carbocycles. The van der Waals surface area contributed by atoms with Crippen LogP contribution in [0.3, 0.4) is 0 Å². The smallest absolute Gasteiger partial charge is 0.262 e. The molecule has 0 fully saturated rings. The molecular formula is C30H32N4O2. The van der Waals surface area contributed by atoms with Crippen LogP contribution in [0.4, 0.5) is 0 Å². The van der Waals surface area contributed by atoms with E-state index in [1.165, 1.54) is 11.1 Å². The number of hydrazone groups is 1. The van der Waals surface area contributed by atoms with Crippen LogP contribution in [0.5, 0.6) is 0 Å². The number of benzene rings is 3. The van der Waals surface area contributed by atoms with Gasteiger partial charge in [-0.05, 0) is 43.5 Å². The molecule has 1 atom stereocenters. The maximum atomic E-state index is 12.9. The van der Waals surface area contributed by atoms with Crippen molar-refractivity contribution in [3.63, 3.8) is 0 Å². The molecule has 0 radical (unpaired) electrons. The quantitative estimate of drug-likeness (QED) is 0.268. The minimum Gasteiger partial charge on any atom is -0.342 e. The second-order valence-electron chi connectivity index (χ2n) is 9.51. The predicted molar refractivity (Wildman–Crippen MR) is 145 cm³/mol. The van der Waals surface area contributed by atoms with E-state index in [0.29, 0.717) is 5.56 Å². The van der Waals surface area contributed by atoms with Crippen LogP contribution in [0.15, 0.2) is 84.1 Å². The van der Waals surface area contributed by atoms with E-state index in [1.54, 1.807) is 18.3 Å². The third-order valence-electron chi connectivity index (χ3n) is 6.22. The first-order valence-corrected chi connectivity index (χ1v) is 12.2. The molecule has 1 aromatic heterocycles. The van der Waals surface area contributed by atoms with Crippen molar-refractivity contribution in [3.05, 3.63) is 107 Å². The molecule has 1 heterocycles. The largest absolute Gasteiger partial charge is 0.342 e. The van der Waals surface area contributed by atoms with Crippen molar-refractivity contribution < 1.29 is 9.59 Å². The van der Waals surface area contributed by atoms with Gasteiger partial charge in [0.05, 0.1) is 6.21 Å². The summed E-state index contributed by atoms with van der Waals surface area (Å²) in [6, 6.07) is 23.2. The van der Waals surface area contributed by atoms with Crippen LogP contribution in [-0.4, -0.2) is 28.6 Å². The van der Waals surface area contributed by atoms with Crippen LogP contribution < -0.4 is 10.7 Å². The molecule has 6 nitrogen and oxygen atoms in total. The van der Waals surface area contributed by atoms with Gasteiger partial charge in [0.1, 0.15) is 6.04 Å². The molecule has 6 heteroatoms. The summed E-state index contributed by atoms with van der Waals surface area (Å²) in [5.41, 5.74) is 8.64. The normalized spacial score (nSPS) is 12.2. The van der Waals surface area contributed by atoms with E-state index < -0.39 is 6.04 Å². The number of hydrogen-bond donors (Lipinski definition) is 2. The number of carbonyl (C=O) groups excluding carboxylic acids is 2. The molecule has 1 unspecified atom stereocenters. The SMILES string of the molecule is Cc1ccc(Cn2cc(/C=N\NC(=O)C(NC(=O)c3ccc(C)cc3)C(C)C)c3ccccc32)cc1. The van der Waals surface area contributed by atoms with E-state index >= 15 is 0 Å². The average Bonchev–Trinajstić information content (AvgIpc) is 3.21. The first-order valence-electron chi connectivity index (χ1n) is 12.2. The zero-order valence-electron chi connectivity index (χ0n) is 21.2. The predicted octanol–water partition coefficient (Wildman–Crippen LogP) is 5.21. The molecule has 3 aromatic carbocycles. The molecule has 2 amide bonds. The Labute approximate surface area is 212 Å². The summed E-state index contributed by atoms with van der Waals surface area (Å²) in [5.74, 6) is -0.747. The monoisotopic (exact) mass is 480 g/mol. The summed E-state index contributed by atoms with van der Waals surface area (Å²) in [5, 5.41) is 8.12. The van der Waals surface area contributed by atoms with Crippen molar-refractivity contribution in [2.45, 2.75) is 40.3 Å². The van der Waals surface area contributed by atoms with Gasteiger partial charge in [-0.15, -0.1) is 0 Å². The molecule has 4 aromatic rings. The van der Waals surface area contributed by atoms with Crippen LogP contribution >= 0.6 is 0 Å². The van der Waals surface area contributed by atoms with E-state index in [0.717, 1.165) is 28.6 Å². The lowest BCUT2D eigenvalue weighted by atomic mass is 10.0. The number of hydrogen-bond acceptors (Lipinski definition) is 3. The Morgan fingerprint density at radius 2 is 1.56 bits per heavy atom. The highest BCUT2D eigenvalue weighted by Gasteiger charge is 2.24. The number of para-hydroxylation sites is 1. The van der Waals surface area contributed by atoms with Gasteiger partial charge >= 0.3 is 0 Å². The topological polar surface area (TPSA) is 75.5 Å². The number of carbonyl (C=O) groups is 2. The Morgan fingerprint density at radius 1 is 0.917 bits per heavy atom. The zero-order chi connectivity index (χ0) is 25.7. The van der Waals surface area contributed by atoms with Crippen molar-refractivity contribution in [1.82, 2.24) is 15.3 Å². The summed E-state index contributed by atoms with van der Waals surface area (Å²) in [4.78, 5) is 25.5. The van der Waals surface area contributed by atoms with Crippen molar-refractivity contribution in [3.8, 4) is 0 Å². The summed E-state index contributed by atoms with van der Waals surface area (Å²) in [6.07, 6.45) is 3.70. The number of amides is 2. The van der Waals surface area contributed by atoms with Gasteiger partial charge in [0.2, 0.25) is 0 Å². The molecule has 0 aliphatic rings. The lowest BCUT2D eigenvalue weighted by Gasteiger charge is -2.20. The van der Waals surface area contributed by atoms with Gasteiger partial charge in [-0.25, -0.2) is 5.43 Å². The molecule has 36 heavy (non-hydrogen) atoms. The first-order chi connectivity index (χ1) is 17.3. The van der Waals surface area contributed by atoms with Crippen LogP contribution in [-0.2, 0) is 11.3 Å². The second kappa shape index (κ2) is 11.0. The fourth-order valence-electron chi connectivity index (χ4n) is 4.10. The molecule has 0 spiro atoms. The minimum atomic E-state index is -0.709. The fourth-order valence-corrected chi connectivity index (χ4v) is 4.10. The van der Waals surface area contributed by atoms with Crippen LogP contribution in [0, 0.1) is 19.8 Å². The van der Waals surface area contributed by atoms with Gasteiger partial charge in [-0.1, -0.05) is 79.6 Å². The van der Waals surface area contributed by atoms with E-state index in [1.807, 2.05) is 57.3 Å². The molecule has 0 aliphatic heterocycles. The third-order valence-corrected chi connectivity index (χ3v) is 6.22. The Balaban J connectivity index is 1.47. The fraction of sp³-hybridized carbons (Fsp3) is 0.233. The summed E-state index contributed by atoms with van der Waals surface area (Å²) in [7, 11) is 0. The Kier molecular flexibility index (Phi) is 7.64. The van der Waals surface area contributed by atoms with E-state index in [-0.39, 0.29) is 17.7 Å². The van der Waals surface area contributed by atoms with Gasteiger partial charge in [0.15, 0.2) is 0 Å². The van der Waals surface area contributed by atoms with E-state index in [2.05, 4.69) is 57.7 Å². The Morgan fingerprint density at radius 3 is 2.22 bits per heavy atom. The number of nitrogens with one attached hydrogen (secondary N) is 2. The van der Waals surface area contributed by atoms with Crippen molar-refractivity contribution in [1.29, 1.82) is 0 Å². The van der Waals surface area contributed by atoms with Gasteiger partial charge in [-0.3, -0.25) is 9.59 Å². The van der Waals surface area contributed by atoms with Crippen molar-refractivity contribution >= 4 is 28.9 Å². The van der Waals surface area contributed by atoms with Crippen LogP contribution in [0.1, 0.15) is 46.5 Å². The van der Waals surface area contributed by atoms with Crippen LogP contribution in [0.25, 0.3) is 10.9 Å². The van der Waals surface area contributed by atoms with Gasteiger partial charge in [-0.2, -0.15) is 5.10 Å². The summed E-state index contributed by atoms with van der Waals surface area (Å²) < 4.78 is 2.18. The minimum absolute atomic E-state index is 0.106. The second-order valence-corrected chi connectivity index (χ2v) is 9.51. The lowest BCUT2D eigenvalue weighted by molar-refractivity contribution is -0.123. The van der Waals surface area contributed by atoms with Crippen LogP contribution in [0.2, 0.25) is 0 Å². The zero-order valence-corrected chi connectivity index (χ0v) is 21.2. The van der Waals surface area contributed by atoms with Gasteiger partial charge in [0.25, 0.3) is 11.8 Å². The first kappa shape index (κ1) is 24.9. The molecule has 184 valence electrons. The summed E-state index contributed by atoms with van der Waals surface area (Å²) >= 11 is 0. The highest BCUT2D eigenvalue weighted by atomic mass is 16.2. The number of aryl methyl sites for hydroxylation is 2. The lowest BCUT2D eigenvalue weighted by Crippen LogP contribution is -2.48. The molecule has 0 saturated carbocycles. The molecule has 4 rings (SSSR count). The third kappa shape index (κ3) is 5.89. The molecule has 0 bridgehead atoms. The Bertz CT molecular complexity index is 1380.